The maximum atomic E-state index is 12.9. The van der Waals surface area contributed by atoms with Crippen LogP contribution in [0.25, 0.3) is 0 Å². The van der Waals surface area contributed by atoms with Gasteiger partial charge in [0.25, 0.3) is 0 Å². The summed E-state index contributed by atoms with van der Waals surface area (Å²) in [5, 5.41) is 0. The zero-order chi connectivity index (χ0) is 19.4. The molecule has 0 spiro atoms. The molecule has 4 aliphatic rings. The van der Waals surface area contributed by atoms with Gasteiger partial charge in [-0.25, -0.2) is 0 Å². The Balaban J connectivity index is 1.29. The van der Waals surface area contributed by atoms with Crippen molar-refractivity contribution in [2.45, 2.75) is 31.0 Å². The molecule has 2 bridgehead atoms. The van der Waals surface area contributed by atoms with Gasteiger partial charge < -0.3 is 15.4 Å². The third-order valence-corrected chi connectivity index (χ3v) is 6.99. The highest BCUT2D eigenvalue weighted by atomic mass is 16.5. The second kappa shape index (κ2) is 6.67. The molecule has 4 saturated heterocycles. The topological polar surface area (TPSA) is 92.9 Å². The fourth-order valence-corrected chi connectivity index (χ4v) is 5.56. The number of carbonyl (C=O) groups is 3. The predicted molar refractivity (Wildman–Crippen MR) is 99.9 cm³/mol. The van der Waals surface area contributed by atoms with Crippen LogP contribution in [0.5, 0.6) is 0 Å². The van der Waals surface area contributed by atoms with Crippen LogP contribution in [-0.2, 0) is 19.1 Å². The average Bonchev–Trinajstić information content (AvgIpc) is 3.48. The van der Waals surface area contributed by atoms with Crippen LogP contribution < -0.4 is 5.73 Å². The first-order chi connectivity index (χ1) is 13.6. The molecule has 4 aliphatic heterocycles. The minimum atomic E-state index is -0.383. The highest BCUT2D eigenvalue weighted by Crippen LogP contribution is 2.48. The van der Waals surface area contributed by atoms with E-state index >= 15 is 0 Å². The minimum absolute atomic E-state index is 0.151. The van der Waals surface area contributed by atoms with Gasteiger partial charge in [0.2, 0.25) is 17.7 Å². The summed E-state index contributed by atoms with van der Waals surface area (Å²) in [6, 6.07) is 10.1. The molecular weight excluding hydrogens is 358 g/mol. The summed E-state index contributed by atoms with van der Waals surface area (Å²) in [6.45, 7) is 1.47. The number of amides is 3. The quantitative estimate of drug-likeness (QED) is 0.758. The number of imide groups is 1. The second-order valence-electron chi connectivity index (χ2n) is 8.42. The number of nitrogens with two attached hydrogens (primary N) is 1. The summed E-state index contributed by atoms with van der Waals surface area (Å²) in [5.41, 5.74) is 7.13. The molecule has 4 heterocycles. The van der Waals surface area contributed by atoms with Gasteiger partial charge in [0.1, 0.15) is 6.54 Å². The Bertz CT molecular complexity index is 785. The van der Waals surface area contributed by atoms with E-state index in [9.17, 15) is 14.4 Å². The van der Waals surface area contributed by atoms with Crippen molar-refractivity contribution >= 4 is 17.7 Å². The zero-order valence-electron chi connectivity index (χ0n) is 15.7. The van der Waals surface area contributed by atoms with Gasteiger partial charge in [-0.3, -0.25) is 19.3 Å². The Kier molecular flexibility index (Phi) is 4.25. The lowest BCUT2D eigenvalue weighted by atomic mass is 9.81. The normalized spacial score (nSPS) is 36.5. The number of fused-ring (bicyclic) bond motifs is 5. The van der Waals surface area contributed by atoms with Gasteiger partial charge in [-0.15, -0.1) is 0 Å². The molecule has 5 rings (SSSR count). The highest BCUT2D eigenvalue weighted by molar-refractivity contribution is 6.08. The molecule has 1 aromatic carbocycles. The van der Waals surface area contributed by atoms with Crippen molar-refractivity contribution in [3.8, 4) is 0 Å². The standard InChI is InChI=1S/C21H25N3O4/c22-8-13-9-23(10-14(13)12-4-2-1-3-5-12)17(25)11-24-20(26)18-15-6-7-16(28-15)19(18)21(24)27/h1-5,13-16,18-19H,6-11,22H2/t13-,14+,15?,16?,18?,19?/m1/s1. The number of carbonyl (C=O) groups excluding carboxylic acids is 3. The van der Waals surface area contributed by atoms with E-state index in [2.05, 4.69) is 12.1 Å². The lowest BCUT2D eigenvalue weighted by Crippen LogP contribution is -2.43. The van der Waals surface area contributed by atoms with Gasteiger partial charge in [0.15, 0.2) is 0 Å². The van der Waals surface area contributed by atoms with Crippen LogP contribution in [0.15, 0.2) is 30.3 Å². The van der Waals surface area contributed by atoms with Gasteiger partial charge in [0.05, 0.1) is 24.0 Å². The molecule has 4 fully saturated rings. The first-order valence-corrected chi connectivity index (χ1v) is 10.1. The van der Waals surface area contributed by atoms with Crippen LogP contribution in [0, 0.1) is 17.8 Å². The molecule has 28 heavy (non-hydrogen) atoms. The number of rotatable bonds is 4. The Labute approximate surface area is 163 Å². The number of nitrogens with zero attached hydrogens (tertiary/aromatic N) is 2. The summed E-state index contributed by atoms with van der Waals surface area (Å²) in [4.78, 5) is 41.4. The number of ether oxygens (including phenoxy) is 1. The van der Waals surface area contributed by atoms with Crippen LogP contribution in [-0.4, -0.2) is 65.9 Å². The number of likely N-dealkylation sites (tertiary alicyclic amines) is 2. The highest BCUT2D eigenvalue weighted by Gasteiger charge is 2.62. The van der Waals surface area contributed by atoms with Gasteiger partial charge in [-0.1, -0.05) is 30.3 Å². The van der Waals surface area contributed by atoms with E-state index in [1.54, 1.807) is 4.90 Å². The fraction of sp³-hybridized carbons (Fsp3) is 0.571. The molecule has 0 aliphatic carbocycles. The molecule has 2 N–H and O–H groups in total. The van der Waals surface area contributed by atoms with E-state index in [0.29, 0.717) is 19.6 Å². The first kappa shape index (κ1) is 17.8. The first-order valence-electron chi connectivity index (χ1n) is 10.1. The molecule has 7 nitrogen and oxygen atoms in total. The number of hydrogen-bond donors (Lipinski definition) is 1. The van der Waals surface area contributed by atoms with Crippen molar-refractivity contribution in [3.63, 3.8) is 0 Å². The van der Waals surface area contributed by atoms with Crippen molar-refractivity contribution in [1.29, 1.82) is 0 Å². The maximum Gasteiger partial charge on any atom is 0.242 e. The van der Waals surface area contributed by atoms with E-state index in [1.165, 1.54) is 10.5 Å². The lowest BCUT2D eigenvalue weighted by Gasteiger charge is -2.22. The van der Waals surface area contributed by atoms with E-state index in [1.807, 2.05) is 18.2 Å². The second-order valence-corrected chi connectivity index (χ2v) is 8.42. The van der Waals surface area contributed by atoms with Crippen LogP contribution in [0.4, 0.5) is 0 Å². The van der Waals surface area contributed by atoms with E-state index in [0.717, 1.165) is 12.8 Å². The lowest BCUT2D eigenvalue weighted by molar-refractivity contribution is -0.148. The molecule has 4 unspecified atom stereocenters. The number of benzene rings is 1. The van der Waals surface area contributed by atoms with Crippen molar-refractivity contribution in [2.24, 2.45) is 23.5 Å². The van der Waals surface area contributed by atoms with Gasteiger partial charge in [-0.2, -0.15) is 0 Å². The van der Waals surface area contributed by atoms with E-state index in [-0.39, 0.29) is 60.1 Å². The predicted octanol–water partition coefficient (Wildman–Crippen LogP) is 0.350. The average molecular weight is 383 g/mol. The SMILES string of the molecule is NC[C@@H]1CN(C(=O)CN2C(=O)C3C4CCC(O4)C3C2=O)C[C@H]1c1ccccc1. The molecular formula is C21H25N3O4. The fourth-order valence-electron chi connectivity index (χ4n) is 5.56. The largest absolute Gasteiger partial charge is 0.373 e. The van der Waals surface area contributed by atoms with Crippen molar-refractivity contribution in [3.05, 3.63) is 35.9 Å². The molecule has 0 radical (unpaired) electrons. The molecule has 6 atom stereocenters. The summed E-state index contributed by atoms with van der Waals surface area (Å²) in [6.07, 6.45) is 1.36. The third-order valence-electron chi connectivity index (χ3n) is 6.99. The Morgan fingerprint density at radius 2 is 1.68 bits per heavy atom. The smallest absolute Gasteiger partial charge is 0.242 e. The van der Waals surface area contributed by atoms with Gasteiger partial charge >= 0.3 is 0 Å². The number of hydrogen-bond acceptors (Lipinski definition) is 5. The molecule has 3 amide bonds. The van der Waals surface area contributed by atoms with E-state index < -0.39 is 0 Å². The third kappa shape index (κ3) is 2.60. The zero-order valence-corrected chi connectivity index (χ0v) is 15.7. The van der Waals surface area contributed by atoms with E-state index in [4.69, 9.17) is 10.5 Å². The molecule has 148 valence electrons. The summed E-state index contributed by atoms with van der Waals surface area (Å²) < 4.78 is 5.75. The summed E-state index contributed by atoms with van der Waals surface area (Å²) in [5.74, 6) is -1.04. The summed E-state index contributed by atoms with van der Waals surface area (Å²) >= 11 is 0. The van der Waals surface area contributed by atoms with Crippen molar-refractivity contribution in [2.75, 3.05) is 26.2 Å². The molecule has 0 aromatic heterocycles. The molecule has 7 heteroatoms. The Morgan fingerprint density at radius 3 is 2.29 bits per heavy atom. The van der Waals surface area contributed by atoms with Crippen molar-refractivity contribution in [1.82, 2.24) is 9.80 Å². The maximum absolute atomic E-state index is 12.9. The molecule has 1 aromatic rings. The Morgan fingerprint density at radius 1 is 1.04 bits per heavy atom. The molecule has 0 saturated carbocycles. The van der Waals surface area contributed by atoms with Crippen LogP contribution >= 0.6 is 0 Å². The van der Waals surface area contributed by atoms with Crippen LogP contribution in [0.2, 0.25) is 0 Å². The summed E-state index contributed by atoms with van der Waals surface area (Å²) in [7, 11) is 0. The van der Waals surface area contributed by atoms with Crippen molar-refractivity contribution < 1.29 is 19.1 Å². The monoisotopic (exact) mass is 383 g/mol. The van der Waals surface area contributed by atoms with Gasteiger partial charge in [-0.05, 0) is 30.9 Å². The Hall–Kier alpha value is -2.25. The minimum Gasteiger partial charge on any atom is -0.373 e. The van der Waals surface area contributed by atoms with Crippen LogP contribution in [0.3, 0.4) is 0 Å². The van der Waals surface area contributed by atoms with Gasteiger partial charge in [0, 0.05) is 19.0 Å². The van der Waals surface area contributed by atoms with Crippen LogP contribution in [0.1, 0.15) is 24.3 Å².